The fourth-order valence-corrected chi connectivity index (χ4v) is 3.20. The van der Waals surface area contributed by atoms with Crippen LogP contribution in [0, 0.1) is 6.92 Å². The second-order valence-corrected chi connectivity index (χ2v) is 5.27. The standard InChI is InChI=1S/C8H5Cl2N3S2/c1-4-2-3-11-6(9)5(4)12-8-7(10)13-15-14-8/h2-3H,1H3. The van der Waals surface area contributed by atoms with Crippen molar-refractivity contribution in [3.8, 4) is 0 Å². The first-order valence-electron chi connectivity index (χ1n) is 3.96. The quantitative estimate of drug-likeness (QED) is 0.592. The van der Waals surface area contributed by atoms with Crippen molar-refractivity contribution in [1.82, 2.24) is 9.36 Å². The third-order valence-electron chi connectivity index (χ3n) is 1.70. The molecule has 0 atom stereocenters. The molecule has 0 saturated carbocycles. The first-order chi connectivity index (χ1) is 7.18. The lowest BCUT2D eigenvalue weighted by molar-refractivity contribution is 1.23. The number of hydrogen-bond acceptors (Lipinski definition) is 5. The summed E-state index contributed by atoms with van der Waals surface area (Å²) in [5.74, 6) is 0. The summed E-state index contributed by atoms with van der Waals surface area (Å²) in [5, 5.41) is 0.786. The van der Waals surface area contributed by atoms with E-state index in [2.05, 4.69) is 14.3 Å². The van der Waals surface area contributed by atoms with Gasteiger partial charge in [-0.15, -0.1) is 0 Å². The van der Waals surface area contributed by atoms with Gasteiger partial charge in [-0.25, -0.2) is 9.98 Å². The van der Waals surface area contributed by atoms with E-state index in [4.69, 9.17) is 23.2 Å². The molecule has 0 N–H and O–H groups in total. The molecule has 0 saturated heterocycles. The average molecular weight is 278 g/mol. The molecule has 3 nitrogen and oxygen atoms in total. The third-order valence-corrected chi connectivity index (χ3v) is 4.15. The molecule has 0 aliphatic heterocycles. The van der Waals surface area contributed by atoms with Crippen molar-refractivity contribution >= 4 is 49.8 Å². The van der Waals surface area contributed by atoms with E-state index in [0.29, 0.717) is 20.7 Å². The Labute approximate surface area is 104 Å². The van der Waals surface area contributed by atoms with Gasteiger partial charge >= 0.3 is 0 Å². The molecule has 2 aromatic heterocycles. The highest BCUT2D eigenvalue weighted by atomic mass is 35.5. The van der Waals surface area contributed by atoms with Crippen LogP contribution in [0.2, 0.25) is 10.3 Å². The largest absolute Gasteiger partial charge is 0.242 e. The fraction of sp³-hybridized carbons (Fsp3) is 0.125. The second-order valence-electron chi connectivity index (χ2n) is 2.72. The molecule has 0 amide bonds. The Morgan fingerprint density at radius 2 is 2.13 bits per heavy atom. The molecule has 0 radical (unpaired) electrons. The molecule has 2 aromatic rings. The first kappa shape index (κ1) is 11.0. The van der Waals surface area contributed by atoms with Gasteiger partial charge in [-0.05, 0) is 28.9 Å². The number of aromatic nitrogens is 2. The monoisotopic (exact) mass is 277 g/mol. The topological polar surface area (TPSA) is 38.1 Å². The fourth-order valence-electron chi connectivity index (χ4n) is 0.978. The van der Waals surface area contributed by atoms with Crippen molar-refractivity contribution in [2.75, 3.05) is 0 Å². The Morgan fingerprint density at radius 3 is 2.73 bits per heavy atom. The number of hydrogen-bond donors (Lipinski definition) is 0. The maximum absolute atomic E-state index is 5.94. The van der Waals surface area contributed by atoms with Crippen LogP contribution in [0.15, 0.2) is 17.3 Å². The zero-order valence-electron chi connectivity index (χ0n) is 7.57. The number of pyridine rings is 1. The lowest BCUT2D eigenvalue weighted by Crippen LogP contribution is -1.94. The van der Waals surface area contributed by atoms with E-state index in [1.165, 1.54) is 20.9 Å². The van der Waals surface area contributed by atoms with Gasteiger partial charge in [-0.3, -0.25) is 0 Å². The van der Waals surface area contributed by atoms with Crippen molar-refractivity contribution < 1.29 is 0 Å². The summed E-state index contributed by atoms with van der Waals surface area (Å²) >= 11 is 11.8. The molecule has 7 heteroatoms. The van der Waals surface area contributed by atoms with E-state index >= 15 is 0 Å². The van der Waals surface area contributed by atoms with Crippen LogP contribution in [0.3, 0.4) is 0 Å². The highest BCUT2D eigenvalue weighted by Gasteiger charge is 2.04. The predicted molar refractivity (Wildman–Crippen MR) is 64.2 cm³/mol. The van der Waals surface area contributed by atoms with Crippen molar-refractivity contribution in [2.45, 2.75) is 6.92 Å². The molecule has 2 heterocycles. The van der Waals surface area contributed by atoms with Crippen molar-refractivity contribution in [2.24, 2.45) is 4.99 Å². The smallest absolute Gasteiger partial charge is 0.179 e. The molecule has 2 rings (SSSR count). The number of rotatable bonds is 1. The maximum Gasteiger partial charge on any atom is 0.179 e. The van der Waals surface area contributed by atoms with Crippen molar-refractivity contribution in [1.29, 1.82) is 0 Å². The minimum absolute atomic E-state index is 0.379. The number of aryl methyl sites for hydroxylation is 1. The number of halogens is 2. The van der Waals surface area contributed by atoms with Crippen LogP contribution in [-0.2, 0) is 0 Å². The number of nitrogens with zero attached hydrogens (tertiary/aromatic N) is 3. The van der Waals surface area contributed by atoms with Gasteiger partial charge in [-0.2, -0.15) is 4.37 Å². The Kier molecular flexibility index (Phi) is 3.35. The lowest BCUT2D eigenvalue weighted by Gasteiger charge is -1.99. The highest BCUT2D eigenvalue weighted by Crippen LogP contribution is 2.25. The summed E-state index contributed by atoms with van der Waals surface area (Å²) in [4.78, 5) is 8.31. The normalized spacial score (nSPS) is 12.1. The van der Waals surface area contributed by atoms with Gasteiger partial charge in [0.05, 0.1) is 0 Å². The molecular weight excluding hydrogens is 273 g/mol. The Hall–Kier alpha value is -0.490. The van der Waals surface area contributed by atoms with Crippen LogP contribution in [-0.4, -0.2) is 9.36 Å². The molecule has 0 aliphatic rings. The minimum atomic E-state index is 0.379. The van der Waals surface area contributed by atoms with Gasteiger partial charge in [0, 0.05) is 16.7 Å². The van der Waals surface area contributed by atoms with Gasteiger partial charge in [0.1, 0.15) is 5.69 Å². The summed E-state index contributed by atoms with van der Waals surface area (Å²) in [6, 6.07) is 1.85. The zero-order chi connectivity index (χ0) is 10.8. The molecule has 0 fully saturated rings. The van der Waals surface area contributed by atoms with Crippen molar-refractivity contribution in [3.05, 3.63) is 32.8 Å². The molecule has 78 valence electrons. The van der Waals surface area contributed by atoms with Gasteiger partial charge in [0.25, 0.3) is 0 Å². The van der Waals surface area contributed by atoms with Crippen LogP contribution < -0.4 is 4.67 Å². The molecule has 0 aromatic carbocycles. The summed E-state index contributed by atoms with van der Waals surface area (Å²) in [5.41, 5.74) is 1.61. The van der Waals surface area contributed by atoms with Crippen molar-refractivity contribution in [3.63, 3.8) is 0 Å². The van der Waals surface area contributed by atoms with E-state index in [9.17, 15) is 0 Å². The van der Waals surface area contributed by atoms with Gasteiger partial charge in [-0.1, -0.05) is 23.2 Å². The van der Waals surface area contributed by atoms with Crippen LogP contribution in [0.25, 0.3) is 0 Å². The Bertz CT molecular complexity index is 527. The van der Waals surface area contributed by atoms with E-state index in [0.717, 1.165) is 5.56 Å². The zero-order valence-corrected chi connectivity index (χ0v) is 10.7. The summed E-state index contributed by atoms with van der Waals surface area (Å²) in [7, 11) is 2.71. The SMILES string of the molecule is Cc1ccnc(Cl)c1N=c1ssnc1Cl. The molecular formula is C8H5Cl2N3S2. The molecule has 0 bridgehead atoms. The van der Waals surface area contributed by atoms with E-state index in [1.807, 2.05) is 13.0 Å². The van der Waals surface area contributed by atoms with Gasteiger partial charge < -0.3 is 0 Å². The van der Waals surface area contributed by atoms with E-state index in [1.54, 1.807) is 6.20 Å². The lowest BCUT2D eigenvalue weighted by atomic mass is 10.2. The van der Waals surface area contributed by atoms with Crippen LogP contribution in [0.4, 0.5) is 5.69 Å². The summed E-state index contributed by atoms with van der Waals surface area (Å²) in [6.45, 7) is 1.92. The minimum Gasteiger partial charge on any atom is -0.242 e. The molecule has 15 heavy (non-hydrogen) atoms. The Balaban J connectivity index is 2.62. The summed E-state index contributed by atoms with van der Waals surface area (Å²) < 4.78 is 4.61. The second kappa shape index (κ2) is 4.57. The molecule has 0 aliphatic carbocycles. The van der Waals surface area contributed by atoms with Crippen LogP contribution >= 0.6 is 44.1 Å². The van der Waals surface area contributed by atoms with Gasteiger partial charge in [0.15, 0.2) is 15.0 Å². The van der Waals surface area contributed by atoms with Crippen LogP contribution in [0.5, 0.6) is 0 Å². The third kappa shape index (κ3) is 2.36. The average Bonchev–Trinajstić information content (AvgIpc) is 2.58. The van der Waals surface area contributed by atoms with Crippen LogP contribution in [0.1, 0.15) is 5.56 Å². The summed E-state index contributed by atoms with van der Waals surface area (Å²) in [6.07, 6.45) is 1.65. The molecule has 0 unspecified atom stereocenters. The van der Waals surface area contributed by atoms with E-state index in [-0.39, 0.29) is 0 Å². The highest BCUT2D eigenvalue weighted by molar-refractivity contribution is 7.66. The maximum atomic E-state index is 5.94. The Morgan fingerprint density at radius 1 is 1.33 bits per heavy atom. The first-order valence-corrected chi connectivity index (χ1v) is 6.82. The predicted octanol–water partition coefficient (Wildman–Crippen LogP) is 3.45. The van der Waals surface area contributed by atoms with Gasteiger partial charge in [0.2, 0.25) is 0 Å². The molecule has 0 spiro atoms. The van der Waals surface area contributed by atoms with E-state index < -0.39 is 0 Å².